The third kappa shape index (κ3) is 7.03. The summed E-state index contributed by atoms with van der Waals surface area (Å²) in [6, 6.07) is 16.6. The van der Waals surface area contributed by atoms with Crippen molar-refractivity contribution >= 4 is 23.6 Å². The highest BCUT2D eigenvalue weighted by atomic mass is 16.5. The van der Waals surface area contributed by atoms with Crippen LogP contribution in [0.3, 0.4) is 0 Å². The third-order valence-corrected chi connectivity index (χ3v) is 6.70. The van der Waals surface area contributed by atoms with Crippen molar-refractivity contribution in [2.24, 2.45) is 0 Å². The standard InChI is InChI=1S/C31H34N6O5/c1-4-40-25-9-5-6-10-26(25)41-23-8-7-17-37(20-23)28-19-32-18-27(35-28)36-30-33-16-15-24(34-30)21-11-13-22(14-12-21)42-31(2,3)29(38)39/h5-6,9-16,18-19,23H,4,7-8,17,20H2,1-3H3,(H,38,39)(H,33,34,35,36)/t23-/m1/s1. The average Bonchev–Trinajstić information content (AvgIpc) is 2.99. The van der Waals surface area contributed by atoms with Gasteiger partial charge in [-0.1, -0.05) is 12.1 Å². The number of anilines is 3. The van der Waals surface area contributed by atoms with Gasteiger partial charge in [0.05, 0.1) is 31.2 Å². The second-order valence-electron chi connectivity index (χ2n) is 10.3. The first-order valence-corrected chi connectivity index (χ1v) is 13.9. The van der Waals surface area contributed by atoms with Crippen molar-refractivity contribution in [2.75, 3.05) is 29.9 Å². The molecule has 1 aliphatic rings. The number of hydrogen-bond donors (Lipinski definition) is 2. The summed E-state index contributed by atoms with van der Waals surface area (Å²) in [7, 11) is 0. The van der Waals surface area contributed by atoms with Crippen molar-refractivity contribution in [3.63, 3.8) is 0 Å². The SMILES string of the molecule is CCOc1ccccc1O[C@@H]1CCCN(c2cncc(Nc3nccc(-c4ccc(OC(C)(C)C(=O)O)cc4)n3)n2)C1. The van der Waals surface area contributed by atoms with Gasteiger partial charge in [-0.05, 0) is 76.1 Å². The Bertz CT molecular complexity index is 1510. The molecule has 11 heteroatoms. The lowest BCUT2D eigenvalue weighted by molar-refractivity contribution is -0.152. The molecule has 1 fully saturated rings. The Labute approximate surface area is 244 Å². The van der Waals surface area contributed by atoms with E-state index in [1.165, 1.54) is 13.8 Å². The minimum absolute atomic E-state index is 0.00854. The fourth-order valence-electron chi connectivity index (χ4n) is 4.54. The molecule has 0 unspecified atom stereocenters. The predicted molar refractivity (Wildman–Crippen MR) is 159 cm³/mol. The number of nitrogens with zero attached hydrogens (tertiary/aromatic N) is 5. The number of para-hydroxylation sites is 2. The van der Waals surface area contributed by atoms with Crippen LogP contribution in [-0.4, -0.2) is 62.4 Å². The molecule has 2 aromatic heterocycles. The Hall–Kier alpha value is -4.93. The van der Waals surface area contributed by atoms with Crippen molar-refractivity contribution in [2.45, 2.75) is 45.3 Å². The van der Waals surface area contributed by atoms with Gasteiger partial charge in [0, 0.05) is 18.3 Å². The van der Waals surface area contributed by atoms with Gasteiger partial charge in [0.1, 0.15) is 17.7 Å². The normalized spacial score (nSPS) is 15.1. The lowest BCUT2D eigenvalue weighted by Crippen LogP contribution is -2.41. The van der Waals surface area contributed by atoms with Crippen molar-refractivity contribution in [3.8, 4) is 28.5 Å². The molecule has 1 aliphatic heterocycles. The maximum Gasteiger partial charge on any atom is 0.347 e. The van der Waals surface area contributed by atoms with Gasteiger partial charge in [0.15, 0.2) is 22.9 Å². The molecule has 0 spiro atoms. The molecule has 5 rings (SSSR count). The van der Waals surface area contributed by atoms with Crippen LogP contribution >= 0.6 is 0 Å². The highest BCUT2D eigenvalue weighted by Gasteiger charge is 2.29. The number of benzene rings is 2. The highest BCUT2D eigenvalue weighted by Crippen LogP contribution is 2.30. The van der Waals surface area contributed by atoms with Crippen LogP contribution in [0.5, 0.6) is 17.2 Å². The quantitative estimate of drug-likeness (QED) is 0.241. The first-order chi connectivity index (χ1) is 20.3. The van der Waals surface area contributed by atoms with Gasteiger partial charge in [0.2, 0.25) is 5.95 Å². The van der Waals surface area contributed by atoms with Crippen LogP contribution in [0, 0.1) is 0 Å². The van der Waals surface area contributed by atoms with E-state index in [-0.39, 0.29) is 6.10 Å². The van der Waals surface area contributed by atoms with E-state index in [0.717, 1.165) is 42.3 Å². The lowest BCUT2D eigenvalue weighted by Gasteiger charge is -2.33. The van der Waals surface area contributed by atoms with E-state index < -0.39 is 11.6 Å². The number of piperidine rings is 1. The largest absolute Gasteiger partial charge is 0.490 e. The van der Waals surface area contributed by atoms with Crippen molar-refractivity contribution in [1.29, 1.82) is 0 Å². The zero-order valence-electron chi connectivity index (χ0n) is 23.9. The minimum Gasteiger partial charge on any atom is -0.490 e. The van der Waals surface area contributed by atoms with Crippen LogP contribution in [0.25, 0.3) is 11.3 Å². The summed E-state index contributed by atoms with van der Waals surface area (Å²) in [4.78, 5) is 31.7. The van der Waals surface area contributed by atoms with Gasteiger partial charge in [-0.15, -0.1) is 0 Å². The molecule has 2 N–H and O–H groups in total. The van der Waals surface area contributed by atoms with Gasteiger partial charge in [-0.2, -0.15) is 0 Å². The molecule has 0 aliphatic carbocycles. The zero-order valence-corrected chi connectivity index (χ0v) is 23.9. The van der Waals surface area contributed by atoms with Crippen LogP contribution in [0.15, 0.2) is 73.2 Å². The van der Waals surface area contributed by atoms with Crippen LogP contribution in [0.1, 0.15) is 33.6 Å². The number of aliphatic carboxylic acids is 1. The fourth-order valence-corrected chi connectivity index (χ4v) is 4.54. The van der Waals surface area contributed by atoms with Gasteiger partial charge >= 0.3 is 5.97 Å². The van der Waals surface area contributed by atoms with E-state index in [1.54, 1.807) is 36.8 Å². The van der Waals surface area contributed by atoms with E-state index in [0.29, 0.717) is 36.4 Å². The molecule has 11 nitrogen and oxygen atoms in total. The Morgan fingerprint density at radius 1 is 1.07 bits per heavy atom. The second-order valence-corrected chi connectivity index (χ2v) is 10.3. The number of aromatic nitrogens is 4. The molecular weight excluding hydrogens is 536 g/mol. The number of rotatable bonds is 11. The molecular formula is C31H34N6O5. The molecule has 3 heterocycles. The van der Waals surface area contributed by atoms with Crippen LogP contribution in [-0.2, 0) is 4.79 Å². The number of carbonyl (C=O) groups is 1. The Morgan fingerprint density at radius 3 is 2.62 bits per heavy atom. The molecule has 1 saturated heterocycles. The average molecular weight is 571 g/mol. The number of nitrogens with one attached hydrogen (secondary N) is 1. The summed E-state index contributed by atoms with van der Waals surface area (Å²) in [6.45, 7) is 7.07. The Kier molecular flexibility index (Phi) is 8.66. The molecule has 218 valence electrons. The van der Waals surface area contributed by atoms with Gasteiger partial charge in [-0.25, -0.2) is 19.7 Å². The van der Waals surface area contributed by atoms with Crippen molar-refractivity contribution < 1.29 is 24.1 Å². The minimum atomic E-state index is -1.33. The summed E-state index contributed by atoms with van der Waals surface area (Å²) in [5, 5.41) is 12.5. The summed E-state index contributed by atoms with van der Waals surface area (Å²) in [6.07, 6.45) is 6.93. The Morgan fingerprint density at radius 2 is 1.86 bits per heavy atom. The monoisotopic (exact) mass is 570 g/mol. The number of carboxylic acids is 1. The van der Waals surface area contributed by atoms with Gasteiger partial charge in [0.25, 0.3) is 0 Å². The molecule has 0 radical (unpaired) electrons. The molecule has 0 amide bonds. The summed E-state index contributed by atoms with van der Waals surface area (Å²) in [5.41, 5.74) is 0.176. The third-order valence-electron chi connectivity index (χ3n) is 6.70. The second kappa shape index (κ2) is 12.7. The van der Waals surface area contributed by atoms with Gasteiger partial charge in [-0.3, -0.25) is 4.98 Å². The first kappa shape index (κ1) is 28.6. The number of carboxylic acid groups (broad SMARTS) is 1. The summed E-state index contributed by atoms with van der Waals surface area (Å²) < 4.78 is 17.6. The van der Waals surface area contributed by atoms with E-state index in [9.17, 15) is 9.90 Å². The van der Waals surface area contributed by atoms with Crippen LogP contribution in [0.2, 0.25) is 0 Å². The van der Waals surface area contributed by atoms with Gasteiger partial charge < -0.3 is 29.5 Å². The highest BCUT2D eigenvalue weighted by molar-refractivity contribution is 5.76. The van der Waals surface area contributed by atoms with Crippen LogP contribution < -0.4 is 24.4 Å². The van der Waals surface area contributed by atoms with E-state index >= 15 is 0 Å². The van der Waals surface area contributed by atoms with Crippen molar-refractivity contribution in [3.05, 3.63) is 73.2 Å². The maximum atomic E-state index is 11.4. The fraction of sp³-hybridized carbons (Fsp3) is 0.323. The first-order valence-electron chi connectivity index (χ1n) is 13.9. The topological polar surface area (TPSA) is 132 Å². The Balaban J connectivity index is 1.25. The van der Waals surface area contributed by atoms with E-state index in [2.05, 4.69) is 25.2 Å². The molecule has 0 saturated carbocycles. The van der Waals surface area contributed by atoms with E-state index in [1.807, 2.05) is 43.3 Å². The molecule has 0 bridgehead atoms. The summed E-state index contributed by atoms with van der Waals surface area (Å²) >= 11 is 0. The molecule has 42 heavy (non-hydrogen) atoms. The summed E-state index contributed by atoms with van der Waals surface area (Å²) in [5.74, 6) is 2.54. The number of ether oxygens (including phenoxy) is 3. The predicted octanol–water partition coefficient (Wildman–Crippen LogP) is 5.37. The van der Waals surface area contributed by atoms with Crippen LogP contribution in [0.4, 0.5) is 17.6 Å². The van der Waals surface area contributed by atoms with E-state index in [4.69, 9.17) is 19.2 Å². The van der Waals surface area contributed by atoms with Crippen molar-refractivity contribution in [1.82, 2.24) is 19.9 Å². The lowest BCUT2D eigenvalue weighted by atomic mass is 10.1. The zero-order chi connectivity index (χ0) is 29.5. The number of hydrogen-bond acceptors (Lipinski definition) is 10. The molecule has 4 aromatic rings. The molecule has 1 atom stereocenters. The molecule has 2 aromatic carbocycles. The smallest absolute Gasteiger partial charge is 0.347 e. The maximum absolute atomic E-state index is 11.4.